The van der Waals surface area contributed by atoms with Crippen LogP contribution >= 0.6 is 0 Å². The average Bonchev–Trinajstić information content (AvgIpc) is 2.43. The highest BCUT2D eigenvalue weighted by atomic mass is 32.2. The molecule has 2 aromatic rings. The molecule has 0 aliphatic heterocycles. The summed E-state index contributed by atoms with van der Waals surface area (Å²) in [6, 6.07) is 12.1. The van der Waals surface area contributed by atoms with Crippen LogP contribution in [0.5, 0.6) is 0 Å². The second kappa shape index (κ2) is 7.00. The van der Waals surface area contributed by atoms with Crippen LogP contribution in [0, 0.1) is 12.7 Å². The van der Waals surface area contributed by atoms with E-state index in [2.05, 4.69) is 10.0 Å². The van der Waals surface area contributed by atoms with E-state index in [0.717, 1.165) is 17.5 Å². The smallest absolute Gasteiger partial charge is 0.229 e. The van der Waals surface area contributed by atoms with Gasteiger partial charge in [0.05, 0.1) is 11.9 Å². The summed E-state index contributed by atoms with van der Waals surface area (Å²) in [7, 11) is -3.33. The lowest BCUT2D eigenvalue weighted by Crippen LogP contribution is -2.19. The molecule has 0 aromatic heterocycles. The van der Waals surface area contributed by atoms with Crippen LogP contribution in [-0.2, 0) is 16.4 Å². The van der Waals surface area contributed by atoms with Gasteiger partial charge in [-0.25, -0.2) is 12.8 Å². The molecule has 2 rings (SSSR count). The zero-order chi connectivity index (χ0) is 17.0. The van der Waals surface area contributed by atoms with Crippen molar-refractivity contribution in [2.24, 2.45) is 0 Å². The Labute approximate surface area is 136 Å². The Morgan fingerprint density at radius 3 is 2.52 bits per heavy atom. The summed E-state index contributed by atoms with van der Waals surface area (Å²) in [4.78, 5) is 0. The molecule has 1 atom stereocenters. The highest BCUT2D eigenvalue weighted by Gasteiger charge is 2.10. The molecule has 0 saturated heterocycles. The Kier molecular flexibility index (Phi) is 5.26. The van der Waals surface area contributed by atoms with Gasteiger partial charge in [0.25, 0.3) is 0 Å². The second-order valence-corrected chi connectivity index (χ2v) is 7.49. The third-order valence-corrected chi connectivity index (χ3v) is 4.02. The number of benzene rings is 2. The van der Waals surface area contributed by atoms with Crippen molar-refractivity contribution in [3.8, 4) is 0 Å². The molecule has 4 nitrogen and oxygen atoms in total. The van der Waals surface area contributed by atoms with Gasteiger partial charge in [0.15, 0.2) is 0 Å². The van der Waals surface area contributed by atoms with Gasteiger partial charge in [-0.15, -0.1) is 0 Å². The van der Waals surface area contributed by atoms with Crippen LogP contribution in [-0.4, -0.2) is 20.7 Å². The molecule has 0 radical (unpaired) electrons. The highest BCUT2D eigenvalue weighted by Crippen LogP contribution is 2.22. The largest absolute Gasteiger partial charge is 0.382 e. The number of sulfonamides is 1. The maximum atomic E-state index is 13.7. The molecule has 6 heteroatoms. The van der Waals surface area contributed by atoms with E-state index in [1.54, 1.807) is 18.2 Å². The predicted molar refractivity (Wildman–Crippen MR) is 92.8 cm³/mol. The molecule has 23 heavy (non-hydrogen) atoms. The van der Waals surface area contributed by atoms with Crippen LogP contribution < -0.4 is 10.0 Å². The standard InChI is InChI=1S/C17H21FN2O2S/c1-12-8-9-15(11-17(12)20-23(3,21)22)19-13(2)10-14-6-4-5-7-16(14)18/h4-9,11,13,19-20H,10H2,1-3H3/t13-/m1/s1. The summed E-state index contributed by atoms with van der Waals surface area (Å²) in [6.07, 6.45) is 1.66. The minimum Gasteiger partial charge on any atom is -0.382 e. The van der Waals surface area contributed by atoms with Crippen molar-refractivity contribution in [1.29, 1.82) is 0 Å². The highest BCUT2D eigenvalue weighted by molar-refractivity contribution is 7.92. The average molecular weight is 336 g/mol. The molecule has 0 amide bonds. The quantitative estimate of drug-likeness (QED) is 0.848. The van der Waals surface area contributed by atoms with Crippen LogP contribution in [0.25, 0.3) is 0 Å². The summed E-state index contributed by atoms with van der Waals surface area (Å²) in [5, 5.41) is 3.27. The number of nitrogens with one attached hydrogen (secondary N) is 2. The first kappa shape index (κ1) is 17.3. The van der Waals surface area contributed by atoms with Gasteiger partial charge in [-0.3, -0.25) is 4.72 Å². The lowest BCUT2D eigenvalue weighted by Gasteiger charge is -2.17. The van der Waals surface area contributed by atoms with Crippen LogP contribution in [0.1, 0.15) is 18.1 Å². The molecule has 0 fully saturated rings. The van der Waals surface area contributed by atoms with E-state index in [0.29, 0.717) is 17.7 Å². The van der Waals surface area contributed by atoms with Crippen molar-refractivity contribution >= 4 is 21.4 Å². The zero-order valence-electron chi connectivity index (χ0n) is 13.4. The molecule has 2 aromatic carbocycles. The summed E-state index contributed by atoms with van der Waals surface area (Å²) in [5.41, 5.74) is 2.80. The number of hydrogen-bond donors (Lipinski definition) is 2. The first-order valence-electron chi connectivity index (χ1n) is 7.33. The Morgan fingerprint density at radius 2 is 1.87 bits per heavy atom. The van der Waals surface area contributed by atoms with Crippen molar-refractivity contribution in [2.75, 3.05) is 16.3 Å². The molecule has 0 saturated carbocycles. The van der Waals surface area contributed by atoms with Crippen molar-refractivity contribution in [2.45, 2.75) is 26.3 Å². The Bertz CT molecular complexity index is 791. The van der Waals surface area contributed by atoms with Crippen molar-refractivity contribution < 1.29 is 12.8 Å². The Hall–Kier alpha value is -2.08. The molecule has 0 heterocycles. The lowest BCUT2D eigenvalue weighted by molar-refractivity contribution is 0.601. The fourth-order valence-corrected chi connectivity index (χ4v) is 2.97. The number of rotatable bonds is 6. The van der Waals surface area contributed by atoms with Crippen LogP contribution in [0.3, 0.4) is 0 Å². The van der Waals surface area contributed by atoms with Gasteiger partial charge >= 0.3 is 0 Å². The number of hydrogen-bond acceptors (Lipinski definition) is 3. The number of anilines is 2. The SMILES string of the molecule is Cc1ccc(N[C@H](C)Cc2ccccc2F)cc1NS(C)(=O)=O. The van der Waals surface area contributed by atoms with Gasteiger partial charge in [-0.1, -0.05) is 24.3 Å². The van der Waals surface area contributed by atoms with E-state index in [1.165, 1.54) is 6.07 Å². The van der Waals surface area contributed by atoms with Crippen molar-refractivity contribution in [1.82, 2.24) is 0 Å². The molecule has 0 spiro atoms. The second-order valence-electron chi connectivity index (χ2n) is 5.74. The van der Waals surface area contributed by atoms with Gasteiger partial charge in [-0.2, -0.15) is 0 Å². The van der Waals surface area contributed by atoms with E-state index < -0.39 is 10.0 Å². The maximum Gasteiger partial charge on any atom is 0.229 e. The summed E-state index contributed by atoms with van der Waals surface area (Å²) in [6.45, 7) is 3.79. The predicted octanol–water partition coefficient (Wildman–Crippen LogP) is 3.55. The monoisotopic (exact) mass is 336 g/mol. The first-order valence-corrected chi connectivity index (χ1v) is 9.22. The topological polar surface area (TPSA) is 58.2 Å². The summed E-state index contributed by atoms with van der Waals surface area (Å²) < 4.78 is 39.0. The summed E-state index contributed by atoms with van der Waals surface area (Å²) in [5.74, 6) is -0.218. The van der Waals surface area contributed by atoms with E-state index in [9.17, 15) is 12.8 Å². The lowest BCUT2D eigenvalue weighted by atomic mass is 10.1. The summed E-state index contributed by atoms with van der Waals surface area (Å²) >= 11 is 0. The third kappa shape index (κ3) is 5.25. The normalized spacial score (nSPS) is 12.7. The third-order valence-electron chi connectivity index (χ3n) is 3.43. The first-order chi connectivity index (χ1) is 10.7. The van der Waals surface area contributed by atoms with E-state index in [1.807, 2.05) is 32.0 Å². The van der Waals surface area contributed by atoms with Crippen molar-refractivity contribution in [3.63, 3.8) is 0 Å². The molecule has 0 bridgehead atoms. The zero-order valence-corrected chi connectivity index (χ0v) is 14.2. The van der Waals surface area contributed by atoms with Crippen LogP contribution in [0.2, 0.25) is 0 Å². The van der Waals surface area contributed by atoms with Gasteiger partial charge in [0, 0.05) is 11.7 Å². The molecule has 0 unspecified atom stereocenters. The minimum atomic E-state index is -3.33. The number of halogens is 1. The van der Waals surface area contributed by atoms with E-state index in [-0.39, 0.29) is 11.9 Å². The van der Waals surface area contributed by atoms with E-state index in [4.69, 9.17) is 0 Å². The Morgan fingerprint density at radius 1 is 1.17 bits per heavy atom. The van der Waals surface area contributed by atoms with Crippen LogP contribution in [0.15, 0.2) is 42.5 Å². The molecule has 124 valence electrons. The molecule has 2 N–H and O–H groups in total. The fraction of sp³-hybridized carbons (Fsp3) is 0.294. The number of aryl methyl sites for hydroxylation is 1. The maximum absolute atomic E-state index is 13.7. The minimum absolute atomic E-state index is 0.000639. The molecular formula is C17H21FN2O2S. The van der Waals surface area contributed by atoms with Crippen molar-refractivity contribution in [3.05, 3.63) is 59.4 Å². The van der Waals surface area contributed by atoms with Gasteiger partial charge in [0.1, 0.15) is 5.82 Å². The van der Waals surface area contributed by atoms with Crippen LogP contribution in [0.4, 0.5) is 15.8 Å². The van der Waals surface area contributed by atoms with Gasteiger partial charge < -0.3 is 5.32 Å². The Balaban J connectivity index is 2.11. The van der Waals surface area contributed by atoms with E-state index >= 15 is 0 Å². The molecular weight excluding hydrogens is 315 g/mol. The van der Waals surface area contributed by atoms with Gasteiger partial charge in [0.2, 0.25) is 10.0 Å². The molecule has 0 aliphatic carbocycles. The van der Waals surface area contributed by atoms with Gasteiger partial charge in [-0.05, 0) is 49.6 Å². The fourth-order valence-electron chi connectivity index (χ4n) is 2.35. The molecule has 0 aliphatic rings.